The van der Waals surface area contributed by atoms with Crippen molar-refractivity contribution < 1.29 is 23.9 Å². The van der Waals surface area contributed by atoms with Crippen molar-refractivity contribution in [1.29, 1.82) is 0 Å². The molecule has 0 amide bonds. The second kappa shape index (κ2) is 6.34. The maximum absolute atomic E-state index is 12.3. The van der Waals surface area contributed by atoms with Gasteiger partial charge in [-0.2, -0.15) is 0 Å². The maximum atomic E-state index is 12.3. The molecule has 1 fully saturated rings. The quantitative estimate of drug-likeness (QED) is 0.643. The predicted molar refractivity (Wildman–Crippen MR) is 78.8 cm³/mol. The first kappa shape index (κ1) is 16.3. The van der Waals surface area contributed by atoms with E-state index in [0.717, 1.165) is 6.42 Å². The molecule has 0 aromatic carbocycles. The number of aryl methyl sites for hydroxylation is 2. The highest BCUT2D eigenvalue weighted by Crippen LogP contribution is 2.38. The number of Topliss-reactive ketones (excluding diaryl/α,β-unsaturated/α-hetero) is 1. The van der Waals surface area contributed by atoms with E-state index in [1.165, 1.54) is 0 Å². The monoisotopic (exact) mass is 307 g/mol. The van der Waals surface area contributed by atoms with Crippen LogP contribution in [0.1, 0.15) is 52.4 Å². The van der Waals surface area contributed by atoms with Crippen molar-refractivity contribution >= 4 is 17.7 Å². The molecule has 2 rings (SSSR count). The van der Waals surface area contributed by atoms with Crippen molar-refractivity contribution in [3.8, 4) is 0 Å². The van der Waals surface area contributed by atoms with Gasteiger partial charge in [0.05, 0.1) is 23.7 Å². The SMILES string of the molecule is CCOC(=O)c1c(C)[nH]c(C)c1C(=O)COC(=O)[C@H]1C[C@H]1C. The summed E-state index contributed by atoms with van der Waals surface area (Å²) in [4.78, 5) is 39.0. The number of hydrogen-bond acceptors (Lipinski definition) is 5. The molecule has 1 saturated carbocycles. The Hall–Kier alpha value is -2.11. The predicted octanol–water partition coefficient (Wildman–Crippen LogP) is 2.19. The van der Waals surface area contributed by atoms with E-state index in [4.69, 9.17) is 9.47 Å². The zero-order valence-electron chi connectivity index (χ0n) is 13.3. The summed E-state index contributed by atoms with van der Waals surface area (Å²) in [6.07, 6.45) is 0.809. The molecule has 1 aliphatic carbocycles. The molecule has 0 saturated heterocycles. The molecule has 6 heteroatoms. The fourth-order valence-corrected chi connectivity index (χ4v) is 2.55. The number of carbonyl (C=O) groups is 3. The summed E-state index contributed by atoms with van der Waals surface area (Å²) in [5.74, 6) is -1.05. The Morgan fingerprint density at radius 1 is 1.14 bits per heavy atom. The molecular formula is C16H21NO5. The molecule has 0 spiro atoms. The number of H-pyrrole nitrogens is 1. The van der Waals surface area contributed by atoms with E-state index in [-0.39, 0.29) is 36.2 Å². The zero-order valence-corrected chi connectivity index (χ0v) is 13.3. The third-order valence-electron chi connectivity index (χ3n) is 3.89. The molecule has 0 bridgehead atoms. The first-order valence-corrected chi connectivity index (χ1v) is 7.42. The minimum absolute atomic E-state index is 0.0913. The minimum atomic E-state index is -0.546. The normalized spacial score (nSPS) is 19.6. The lowest BCUT2D eigenvalue weighted by Crippen LogP contribution is -2.19. The van der Waals surface area contributed by atoms with Crippen molar-refractivity contribution in [2.45, 2.75) is 34.1 Å². The molecule has 1 aromatic heterocycles. The van der Waals surface area contributed by atoms with Gasteiger partial charge >= 0.3 is 11.9 Å². The number of esters is 2. The van der Waals surface area contributed by atoms with E-state index in [1.807, 2.05) is 6.92 Å². The molecule has 1 heterocycles. The lowest BCUT2D eigenvalue weighted by atomic mass is 10.1. The molecule has 0 aliphatic heterocycles. The average molecular weight is 307 g/mol. The molecule has 0 unspecified atom stereocenters. The van der Waals surface area contributed by atoms with E-state index >= 15 is 0 Å². The van der Waals surface area contributed by atoms with Gasteiger partial charge in [0, 0.05) is 11.4 Å². The number of aromatic nitrogens is 1. The molecule has 1 aliphatic rings. The van der Waals surface area contributed by atoms with E-state index in [0.29, 0.717) is 17.3 Å². The summed E-state index contributed by atoms with van der Waals surface area (Å²) in [6, 6.07) is 0. The number of nitrogens with one attached hydrogen (secondary N) is 1. The second-order valence-corrected chi connectivity index (χ2v) is 5.70. The van der Waals surface area contributed by atoms with Gasteiger partial charge in [-0.15, -0.1) is 0 Å². The van der Waals surface area contributed by atoms with Crippen LogP contribution in [0, 0.1) is 25.7 Å². The summed E-state index contributed by atoms with van der Waals surface area (Å²) < 4.78 is 10.0. The Kier molecular flexibility index (Phi) is 4.68. The van der Waals surface area contributed by atoms with E-state index in [2.05, 4.69) is 4.98 Å². The average Bonchev–Trinajstić information content (AvgIpc) is 3.10. The fourth-order valence-electron chi connectivity index (χ4n) is 2.55. The Labute approximate surface area is 129 Å². The van der Waals surface area contributed by atoms with Gasteiger partial charge in [0.1, 0.15) is 0 Å². The van der Waals surface area contributed by atoms with Gasteiger partial charge in [-0.25, -0.2) is 4.79 Å². The summed E-state index contributed by atoms with van der Waals surface area (Å²) in [5.41, 5.74) is 1.61. The summed E-state index contributed by atoms with van der Waals surface area (Å²) in [5, 5.41) is 0. The molecule has 0 radical (unpaired) electrons. The molecular weight excluding hydrogens is 286 g/mol. The van der Waals surface area contributed by atoms with Crippen molar-refractivity contribution in [2.24, 2.45) is 11.8 Å². The summed E-state index contributed by atoms with van der Waals surface area (Å²) in [7, 11) is 0. The Morgan fingerprint density at radius 3 is 2.27 bits per heavy atom. The highest BCUT2D eigenvalue weighted by atomic mass is 16.5. The van der Waals surface area contributed by atoms with Crippen LogP contribution in [0.3, 0.4) is 0 Å². The standard InChI is InChI=1S/C16H21NO5/c1-5-21-16(20)14-10(4)17-9(3)13(14)12(18)7-22-15(19)11-6-8(11)2/h8,11,17H,5-7H2,1-4H3/t8-,11+/m1/s1. The molecule has 6 nitrogen and oxygen atoms in total. The van der Waals surface area contributed by atoms with Crippen molar-refractivity contribution in [3.05, 3.63) is 22.5 Å². The van der Waals surface area contributed by atoms with E-state index in [1.54, 1.807) is 20.8 Å². The number of aromatic amines is 1. The first-order valence-electron chi connectivity index (χ1n) is 7.42. The summed E-state index contributed by atoms with van der Waals surface area (Å²) >= 11 is 0. The van der Waals surface area contributed by atoms with Gasteiger partial charge < -0.3 is 14.5 Å². The third-order valence-corrected chi connectivity index (χ3v) is 3.89. The molecule has 1 N–H and O–H groups in total. The molecule has 22 heavy (non-hydrogen) atoms. The topological polar surface area (TPSA) is 85.5 Å². The zero-order chi connectivity index (χ0) is 16.4. The number of hydrogen-bond donors (Lipinski definition) is 1. The van der Waals surface area contributed by atoms with Gasteiger partial charge in [0.25, 0.3) is 0 Å². The maximum Gasteiger partial charge on any atom is 0.340 e. The van der Waals surface area contributed by atoms with Crippen LogP contribution in [-0.2, 0) is 14.3 Å². The van der Waals surface area contributed by atoms with Crippen LogP contribution >= 0.6 is 0 Å². The first-order chi connectivity index (χ1) is 10.4. The van der Waals surface area contributed by atoms with Gasteiger partial charge in [0.2, 0.25) is 5.78 Å². The number of ether oxygens (including phenoxy) is 2. The van der Waals surface area contributed by atoms with E-state index < -0.39 is 11.8 Å². The van der Waals surface area contributed by atoms with Crippen molar-refractivity contribution in [1.82, 2.24) is 4.98 Å². The van der Waals surface area contributed by atoms with Crippen molar-refractivity contribution in [3.63, 3.8) is 0 Å². The fraction of sp³-hybridized carbons (Fsp3) is 0.562. The Bertz CT molecular complexity index is 616. The number of ketones is 1. The highest BCUT2D eigenvalue weighted by Gasteiger charge is 2.40. The van der Waals surface area contributed by atoms with Crippen LogP contribution < -0.4 is 0 Å². The van der Waals surface area contributed by atoms with Crippen LogP contribution in [0.4, 0.5) is 0 Å². The molecule has 1 aromatic rings. The number of rotatable bonds is 6. The van der Waals surface area contributed by atoms with Gasteiger partial charge in [-0.1, -0.05) is 6.92 Å². The molecule has 2 atom stereocenters. The van der Waals surface area contributed by atoms with E-state index in [9.17, 15) is 14.4 Å². The highest BCUT2D eigenvalue weighted by molar-refractivity contribution is 6.09. The van der Waals surface area contributed by atoms with Crippen LogP contribution in [0.5, 0.6) is 0 Å². The third kappa shape index (κ3) is 3.21. The number of carbonyl (C=O) groups excluding carboxylic acids is 3. The van der Waals surface area contributed by atoms with Crippen LogP contribution in [0.25, 0.3) is 0 Å². The second-order valence-electron chi connectivity index (χ2n) is 5.70. The van der Waals surface area contributed by atoms with Crippen molar-refractivity contribution in [2.75, 3.05) is 13.2 Å². The smallest absolute Gasteiger partial charge is 0.340 e. The minimum Gasteiger partial charge on any atom is -0.462 e. The van der Waals surface area contributed by atoms with Crippen LogP contribution in [0.2, 0.25) is 0 Å². The Morgan fingerprint density at radius 2 is 1.73 bits per heavy atom. The Balaban J connectivity index is 2.11. The van der Waals surface area contributed by atoms with Gasteiger partial charge in [-0.3, -0.25) is 9.59 Å². The van der Waals surface area contributed by atoms with Crippen LogP contribution in [0.15, 0.2) is 0 Å². The lowest BCUT2D eigenvalue weighted by molar-refractivity contribution is -0.144. The van der Waals surface area contributed by atoms with Crippen LogP contribution in [-0.4, -0.2) is 35.9 Å². The molecule has 120 valence electrons. The van der Waals surface area contributed by atoms with Gasteiger partial charge in [0.15, 0.2) is 6.61 Å². The van der Waals surface area contributed by atoms with Gasteiger partial charge in [-0.05, 0) is 33.1 Å². The summed E-state index contributed by atoms with van der Waals surface area (Å²) in [6.45, 7) is 6.94. The largest absolute Gasteiger partial charge is 0.462 e. The lowest BCUT2D eigenvalue weighted by Gasteiger charge is -2.07.